The van der Waals surface area contributed by atoms with E-state index in [4.69, 9.17) is 0 Å². The fourth-order valence-corrected chi connectivity index (χ4v) is 2.33. The second-order valence-electron chi connectivity index (χ2n) is 4.62. The van der Waals surface area contributed by atoms with Crippen LogP contribution in [0.4, 0.5) is 13.2 Å². The molecule has 2 aromatic rings. The summed E-state index contributed by atoms with van der Waals surface area (Å²) in [5.41, 5.74) is 0.768. The molecular weight excluding hydrogens is 347 g/mol. The predicted molar refractivity (Wildman–Crippen MR) is 78.3 cm³/mol. The van der Waals surface area contributed by atoms with Crippen molar-refractivity contribution in [1.29, 1.82) is 0 Å². The summed E-state index contributed by atoms with van der Waals surface area (Å²) in [7, 11) is 0. The molecule has 0 saturated heterocycles. The standard InChI is InChI=1S/C14H15BrF3N3/c1-2-5-19-7-10-6-12(15)3-4-13(10)21-9-11(8-20-21)14(16,17)18/h3-4,6,8-9,19H,2,5,7H2,1H3. The third kappa shape index (κ3) is 4.07. The molecule has 21 heavy (non-hydrogen) atoms. The normalized spacial score (nSPS) is 11.9. The molecule has 7 heteroatoms. The lowest BCUT2D eigenvalue weighted by molar-refractivity contribution is -0.137. The van der Waals surface area contributed by atoms with Crippen molar-refractivity contribution >= 4 is 15.9 Å². The topological polar surface area (TPSA) is 29.9 Å². The van der Waals surface area contributed by atoms with Crippen molar-refractivity contribution in [3.63, 3.8) is 0 Å². The highest BCUT2D eigenvalue weighted by Crippen LogP contribution is 2.29. The number of rotatable bonds is 5. The highest BCUT2D eigenvalue weighted by molar-refractivity contribution is 9.10. The quantitative estimate of drug-likeness (QED) is 0.810. The van der Waals surface area contributed by atoms with Gasteiger partial charge in [0.25, 0.3) is 0 Å². The Hall–Kier alpha value is -1.34. The maximum Gasteiger partial charge on any atom is 0.419 e. The van der Waals surface area contributed by atoms with Crippen molar-refractivity contribution in [2.45, 2.75) is 26.1 Å². The largest absolute Gasteiger partial charge is 0.419 e. The van der Waals surface area contributed by atoms with Gasteiger partial charge in [0.1, 0.15) is 0 Å². The first-order chi connectivity index (χ1) is 9.91. The van der Waals surface area contributed by atoms with Crippen LogP contribution in [0.2, 0.25) is 0 Å². The van der Waals surface area contributed by atoms with Crippen LogP contribution in [0.3, 0.4) is 0 Å². The molecular formula is C14H15BrF3N3. The molecule has 1 heterocycles. The second-order valence-corrected chi connectivity index (χ2v) is 5.54. The zero-order valence-corrected chi connectivity index (χ0v) is 13.0. The summed E-state index contributed by atoms with van der Waals surface area (Å²) in [6, 6.07) is 5.42. The van der Waals surface area contributed by atoms with Crippen LogP contribution in [0.25, 0.3) is 5.69 Å². The molecule has 2 rings (SSSR count). The van der Waals surface area contributed by atoms with E-state index in [1.165, 1.54) is 4.68 Å². The van der Waals surface area contributed by atoms with Crippen LogP contribution in [0.15, 0.2) is 35.1 Å². The molecule has 0 bridgehead atoms. The minimum atomic E-state index is -4.38. The van der Waals surface area contributed by atoms with Gasteiger partial charge in [-0.25, -0.2) is 4.68 Å². The van der Waals surface area contributed by atoms with E-state index >= 15 is 0 Å². The monoisotopic (exact) mass is 361 g/mol. The summed E-state index contributed by atoms with van der Waals surface area (Å²) in [4.78, 5) is 0. The van der Waals surface area contributed by atoms with Crippen LogP contribution in [-0.2, 0) is 12.7 Å². The van der Waals surface area contributed by atoms with Crippen LogP contribution in [-0.4, -0.2) is 16.3 Å². The third-order valence-corrected chi connectivity index (χ3v) is 3.43. The van der Waals surface area contributed by atoms with Gasteiger partial charge in [-0.1, -0.05) is 22.9 Å². The van der Waals surface area contributed by atoms with Gasteiger partial charge < -0.3 is 5.32 Å². The SMILES string of the molecule is CCCNCc1cc(Br)ccc1-n1cc(C(F)(F)F)cn1. The number of aromatic nitrogens is 2. The smallest absolute Gasteiger partial charge is 0.313 e. The lowest BCUT2D eigenvalue weighted by Crippen LogP contribution is -2.15. The molecule has 0 spiro atoms. The van der Waals surface area contributed by atoms with Crippen molar-refractivity contribution in [1.82, 2.24) is 15.1 Å². The number of alkyl halides is 3. The van der Waals surface area contributed by atoms with Gasteiger partial charge in [0.2, 0.25) is 0 Å². The number of hydrogen-bond donors (Lipinski definition) is 1. The Morgan fingerprint density at radius 2 is 2.10 bits per heavy atom. The molecule has 0 aliphatic carbocycles. The molecule has 0 fully saturated rings. The molecule has 0 saturated carbocycles. The molecule has 3 nitrogen and oxygen atoms in total. The fraction of sp³-hybridized carbons (Fsp3) is 0.357. The summed E-state index contributed by atoms with van der Waals surface area (Å²) < 4.78 is 40.1. The van der Waals surface area contributed by atoms with Gasteiger partial charge in [-0.15, -0.1) is 0 Å². The molecule has 0 radical (unpaired) electrons. The van der Waals surface area contributed by atoms with Gasteiger partial charge in [-0.2, -0.15) is 18.3 Å². The van der Waals surface area contributed by atoms with E-state index < -0.39 is 11.7 Å². The summed E-state index contributed by atoms with van der Waals surface area (Å²) in [6.07, 6.45) is -1.55. The summed E-state index contributed by atoms with van der Waals surface area (Å²) >= 11 is 3.38. The molecule has 0 aliphatic rings. The van der Waals surface area contributed by atoms with Crippen LogP contribution in [0.1, 0.15) is 24.5 Å². The second kappa shape index (κ2) is 6.62. The lowest BCUT2D eigenvalue weighted by atomic mass is 10.1. The van der Waals surface area contributed by atoms with Crippen molar-refractivity contribution < 1.29 is 13.2 Å². The minimum absolute atomic E-state index is 0.573. The summed E-state index contributed by atoms with van der Waals surface area (Å²) in [5.74, 6) is 0. The van der Waals surface area contributed by atoms with Crippen molar-refractivity contribution in [2.24, 2.45) is 0 Å². The first-order valence-corrected chi connectivity index (χ1v) is 7.32. The van der Waals surface area contributed by atoms with E-state index in [2.05, 4.69) is 33.3 Å². The molecule has 0 amide bonds. The number of hydrogen-bond acceptors (Lipinski definition) is 2. The number of halogens is 4. The fourth-order valence-electron chi connectivity index (χ4n) is 1.92. The Morgan fingerprint density at radius 3 is 2.71 bits per heavy atom. The van der Waals surface area contributed by atoms with E-state index in [0.717, 1.165) is 35.4 Å². The lowest BCUT2D eigenvalue weighted by Gasteiger charge is -2.11. The van der Waals surface area contributed by atoms with Gasteiger partial charge in [0, 0.05) is 17.2 Å². The molecule has 0 aliphatic heterocycles. The highest BCUT2D eigenvalue weighted by atomic mass is 79.9. The first-order valence-electron chi connectivity index (χ1n) is 6.53. The zero-order valence-electron chi connectivity index (χ0n) is 11.4. The Morgan fingerprint density at radius 1 is 1.33 bits per heavy atom. The van der Waals surface area contributed by atoms with E-state index in [-0.39, 0.29) is 0 Å². The van der Waals surface area contributed by atoms with Gasteiger partial charge in [0.05, 0.1) is 17.4 Å². The van der Waals surface area contributed by atoms with Crippen LogP contribution >= 0.6 is 15.9 Å². The Bertz CT molecular complexity index is 608. The number of benzene rings is 1. The summed E-state index contributed by atoms with van der Waals surface area (Å²) in [5, 5.41) is 7.07. The molecule has 0 atom stereocenters. The first kappa shape index (κ1) is 16.0. The predicted octanol–water partition coefficient (Wildman–Crippen LogP) is 4.15. The molecule has 1 N–H and O–H groups in total. The van der Waals surface area contributed by atoms with Gasteiger partial charge in [0.15, 0.2) is 0 Å². The molecule has 114 valence electrons. The highest BCUT2D eigenvalue weighted by Gasteiger charge is 2.32. The average Bonchev–Trinajstić information content (AvgIpc) is 2.88. The average molecular weight is 362 g/mol. The van der Waals surface area contributed by atoms with Crippen LogP contribution < -0.4 is 5.32 Å². The number of nitrogens with zero attached hydrogens (tertiary/aromatic N) is 2. The Balaban J connectivity index is 2.32. The van der Waals surface area contributed by atoms with Crippen molar-refractivity contribution in [3.8, 4) is 5.69 Å². The maximum atomic E-state index is 12.7. The van der Waals surface area contributed by atoms with Gasteiger partial charge in [-0.3, -0.25) is 0 Å². The minimum Gasteiger partial charge on any atom is -0.313 e. The number of nitrogens with one attached hydrogen (secondary N) is 1. The third-order valence-electron chi connectivity index (χ3n) is 2.94. The van der Waals surface area contributed by atoms with Gasteiger partial charge >= 0.3 is 6.18 Å². The van der Waals surface area contributed by atoms with E-state index in [9.17, 15) is 13.2 Å². The Labute approximate surface area is 129 Å². The van der Waals surface area contributed by atoms with Crippen LogP contribution in [0, 0.1) is 0 Å². The Kier molecular flexibility index (Phi) is 5.05. The molecule has 0 unspecified atom stereocenters. The maximum absolute atomic E-state index is 12.7. The van der Waals surface area contributed by atoms with Gasteiger partial charge in [-0.05, 0) is 36.7 Å². The van der Waals surface area contributed by atoms with Crippen LogP contribution in [0.5, 0.6) is 0 Å². The van der Waals surface area contributed by atoms with Crippen molar-refractivity contribution in [3.05, 3.63) is 46.2 Å². The van der Waals surface area contributed by atoms with E-state index in [0.29, 0.717) is 12.2 Å². The molecule has 1 aromatic carbocycles. The van der Waals surface area contributed by atoms with Crippen molar-refractivity contribution in [2.75, 3.05) is 6.54 Å². The van der Waals surface area contributed by atoms with E-state index in [1.807, 2.05) is 6.07 Å². The zero-order chi connectivity index (χ0) is 15.5. The molecule has 1 aromatic heterocycles. The summed E-state index contributed by atoms with van der Waals surface area (Å²) in [6.45, 7) is 3.47. The van der Waals surface area contributed by atoms with E-state index in [1.54, 1.807) is 12.1 Å².